The van der Waals surface area contributed by atoms with E-state index in [1.165, 1.54) is 0 Å². The highest BCUT2D eigenvalue weighted by atomic mass is 16.4. The van der Waals surface area contributed by atoms with Gasteiger partial charge < -0.3 is 14.4 Å². The van der Waals surface area contributed by atoms with Crippen LogP contribution in [0.3, 0.4) is 0 Å². The van der Waals surface area contributed by atoms with Crippen LogP contribution in [0.2, 0.25) is 0 Å². The molecule has 0 spiro atoms. The largest absolute Gasteiger partial charge is 0.434 e. The molecule has 1 rings (SSSR count). The first kappa shape index (κ1) is 9.94. The monoisotopic (exact) mass is 187 g/mol. The van der Waals surface area contributed by atoms with Crippen LogP contribution in [-0.2, 0) is 6.42 Å². The molecule has 13 heavy (non-hydrogen) atoms. The number of aliphatic hydroxyl groups excluding tert-OH is 1. The fraction of sp³-hybridized carbons (Fsp3) is 0.714. The zero-order valence-electron chi connectivity index (χ0n) is 7.65. The molecule has 0 aliphatic rings. The molecular formula is C7H13N3O3. The van der Waals surface area contributed by atoms with Gasteiger partial charge in [0.1, 0.15) is 0 Å². The van der Waals surface area contributed by atoms with Gasteiger partial charge in [0.15, 0.2) is 0 Å². The summed E-state index contributed by atoms with van der Waals surface area (Å²) >= 11 is 0. The second kappa shape index (κ2) is 4.20. The lowest BCUT2D eigenvalue weighted by molar-refractivity contribution is 0.129. The van der Waals surface area contributed by atoms with Crippen molar-refractivity contribution in [2.45, 2.75) is 12.5 Å². The minimum absolute atomic E-state index is 0.236. The van der Waals surface area contributed by atoms with Crippen LogP contribution in [-0.4, -0.2) is 46.9 Å². The van der Waals surface area contributed by atoms with Crippen molar-refractivity contribution in [2.24, 2.45) is 0 Å². The van der Waals surface area contributed by atoms with E-state index < -0.39 is 11.9 Å². The van der Waals surface area contributed by atoms with Gasteiger partial charge in [-0.25, -0.2) is 9.89 Å². The predicted octanol–water partition coefficient (Wildman–Crippen LogP) is -1.17. The summed E-state index contributed by atoms with van der Waals surface area (Å²) in [5.41, 5.74) is 0. The summed E-state index contributed by atoms with van der Waals surface area (Å²) in [4.78, 5) is 12.4. The standard InChI is InChI=1S/C7H13N3O3/c1-10(2)4-5(11)3-6-8-9-7(12)13-6/h5,11H,3-4H2,1-2H3,(H,9,12). The molecule has 1 aromatic rings. The summed E-state index contributed by atoms with van der Waals surface area (Å²) in [6, 6.07) is 0. The average Bonchev–Trinajstić information content (AvgIpc) is 2.33. The highest BCUT2D eigenvalue weighted by molar-refractivity contribution is 4.78. The lowest BCUT2D eigenvalue weighted by atomic mass is 10.2. The Bertz CT molecular complexity index is 304. The van der Waals surface area contributed by atoms with Crippen LogP contribution in [0.1, 0.15) is 5.89 Å². The van der Waals surface area contributed by atoms with E-state index in [1.807, 2.05) is 19.0 Å². The van der Waals surface area contributed by atoms with Crippen LogP contribution in [0.5, 0.6) is 0 Å². The second-order valence-corrected chi connectivity index (χ2v) is 3.13. The molecule has 0 radical (unpaired) electrons. The number of nitrogens with one attached hydrogen (secondary N) is 1. The Balaban J connectivity index is 2.45. The lowest BCUT2D eigenvalue weighted by Gasteiger charge is -2.13. The highest BCUT2D eigenvalue weighted by Gasteiger charge is 2.10. The van der Waals surface area contributed by atoms with Crippen LogP contribution >= 0.6 is 0 Å². The van der Waals surface area contributed by atoms with Crippen LogP contribution < -0.4 is 5.76 Å². The number of H-pyrrole nitrogens is 1. The molecule has 1 heterocycles. The first-order valence-corrected chi connectivity index (χ1v) is 3.95. The van der Waals surface area contributed by atoms with Gasteiger partial charge in [-0.05, 0) is 14.1 Å². The number of nitrogens with zero attached hydrogens (tertiary/aromatic N) is 2. The first-order valence-electron chi connectivity index (χ1n) is 3.95. The minimum atomic E-state index is -0.591. The highest BCUT2D eigenvalue weighted by Crippen LogP contribution is 1.96. The van der Waals surface area contributed by atoms with E-state index in [-0.39, 0.29) is 12.3 Å². The topological polar surface area (TPSA) is 82.4 Å². The Kier molecular flexibility index (Phi) is 3.21. The van der Waals surface area contributed by atoms with E-state index in [0.717, 1.165) is 0 Å². The zero-order valence-corrected chi connectivity index (χ0v) is 7.65. The Morgan fingerprint density at radius 3 is 2.85 bits per heavy atom. The fourth-order valence-electron chi connectivity index (χ4n) is 1.04. The van der Waals surface area contributed by atoms with Crippen LogP contribution in [0.25, 0.3) is 0 Å². The van der Waals surface area contributed by atoms with Gasteiger partial charge in [-0.1, -0.05) is 0 Å². The SMILES string of the molecule is CN(C)CC(O)Cc1n[nH]c(=O)o1. The summed E-state index contributed by atoms with van der Waals surface area (Å²) in [7, 11) is 3.70. The second-order valence-electron chi connectivity index (χ2n) is 3.13. The predicted molar refractivity (Wildman–Crippen MR) is 45.4 cm³/mol. The van der Waals surface area contributed by atoms with Gasteiger partial charge in [-0.15, -0.1) is 5.10 Å². The van der Waals surface area contributed by atoms with Crippen molar-refractivity contribution in [3.63, 3.8) is 0 Å². The van der Waals surface area contributed by atoms with E-state index in [1.54, 1.807) is 0 Å². The third kappa shape index (κ3) is 3.39. The fourth-order valence-corrected chi connectivity index (χ4v) is 1.04. The number of rotatable bonds is 4. The summed E-state index contributed by atoms with van der Waals surface area (Å²) in [6.45, 7) is 0.510. The first-order chi connectivity index (χ1) is 6.08. The Hall–Kier alpha value is -1.14. The van der Waals surface area contributed by atoms with Crippen molar-refractivity contribution < 1.29 is 9.52 Å². The van der Waals surface area contributed by atoms with Crippen molar-refractivity contribution >= 4 is 0 Å². The molecule has 6 heteroatoms. The van der Waals surface area contributed by atoms with Crippen molar-refractivity contribution in [2.75, 3.05) is 20.6 Å². The van der Waals surface area contributed by atoms with Crippen LogP contribution in [0, 0.1) is 0 Å². The van der Waals surface area contributed by atoms with E-state index in [2.05, 4.69) is 14.6 Å². The molecule has 1 aromatic heterocycles. The number of aromatic nitrogens is 2. The molecule has 1 atom stereocenters. The van der Waals surface area contributed by atoms with Crippen LogP contribution in [0.4, 0.5) is 0 Å². The molecule has 0 bridgehead atoms. The molecule has 74 valence electrons. The molecule has 0 fully saturated rings. The zero-order chi connectivity index (χ0) is 9.84. The number of hydrogen-bond acceptors (Lipinski definition) is 5. The number of hydrogen-bond donors (Lipinski definition) is 2. The molecule has 0 aromatic carbocycles. The number of likely N-dealkylation sites (N-methyl/N-ethyl adjacent to an activating group) is 1. The van der Waals surface area contributed by atoms with E-state index >= 15 is 0 Å². The van der Waals surface area contributed by atoms with E-state index in [4.69, 9.17) is 0 Å². The molecule has 0 amide bonds. The van der Waals surface area contributed by atoms with Gasteiger partial charge in [0.05, 0.1) is 12.5 Å². The maximum absolute atomic E-state index is 10.5. The maximum atomic E-state index is 10.5. The van der Waals surface area contributed by atoms with Crippen molar-refractivity contribution in [1.82, 2.24) is 15.1 Å². The van der Waals surface area contributed by atoms with Gasteiger partial charge >= 0.3 is 5.76 Å². The molecule has 0 saturated heterocycles. The summed E-state index contributed by atoms with van der Waals surface area (Å²) in [6.07, 6.45) is -0.321. The molecule has 2 N–H and O–H groups in total. The molecule has 6 nitrogen and oxygen atoms in total. The van der Waals surface area contributed by atoms with Gasteiger partial charge in [0, 0.05) is 6.54 Å². The smallest absolute Gasteiger partial charge is 0.392 e. The van der Waals surface area contributed by atoms with Gasteiger partial charge in [0.2, 0.25) is 5.89 Å². The number of aromatic amines is 1. The summed E-state index contributed by atoms with van der Waals surface area (Å²) in [5, 5.41) is 15.1. The van der Waals surface area contributed by atoms with Crippen LogP contribution in [0.15, 0.2) is 9.21 Å². The van der Waals surface area contributed by atoms with Crippen molar-refractivity contribution in [3.05, 3.63) is 16.4 Å². The summed E-state index contributed by atoms with van der Waals surface area (Å²) < 4.78 is 4.63. The third-order valence-electron chi connectivity index (χ3n) is 1.47. The summed E-state index contributed by atoms with van der Waals surface area (Å²) in [5.74, 6) is -0.355. The Morgan fingerprint density at radius 2 is 2.38 bits per heavy atom. The molecular weight excluding hydrogens is 174 g/mol. The van der Waals surface area contributed by atoms with Crippen molar-refractivity contribution in [3.8, 4) is 0 Å². The van der Waals surface area contributed by atoms with E-state index in [0.29, 0.717) is 6.54 Å². The van der Waals surface area contributed by atoms with Crippen molar-refractivity contribution in [1.29, 1.82) is 0 Å². The van der Waals surface area contributed by atoms with E-state index in [9.17, 15) is 9.90 Å². The number of aliphatic hydroxyl groups is 1. The quantitative estimate of drug-likeness (QED) is 0.620. The average molecular weight is 187 g/mol. The molecule has 0 saturated carbocycles. The van der Waals surface area contributed by atoms with Gasteiger partial charge in [-0.3, -0.25) is 0 Å². The molecule has 0 aliphatic heterocycles. The molecule has 1 unspecified atom stereocenters. The Labute approximate surface area is 75.2 Å². The van der Waals surface area contributed by atoms with Gasteiger partial charge in [-0.2, -0.15) is 0 Å². The molecule has 0 aliphatic carbocycles. The third-order valence-corrected chi connectivity index (χ3v) is 1.47. The maximum Gasteiger partial charge on any atom is 0.434 e. The normalized spacial score (nSPS) is 13.5. The Morgan fingerprint density at radius 1 is 1.69 bits per heavy atom. The lowest BCUT2D eigenvalue weighted by Crippen LogP contribution is -2.27. The van der Waals surface area contributed by atoms with Gasteiger partial charge in [0.25, 0.3) is 0 Å². The minimum Gasteiger partial charge on any atom is -0.392 e.